The molecule has 0 bridgehead atoms. The van der Waals surface area contributed by atoms with Crippen molar-refractivity contribution in [1.29, 1.82) is 0 Å². The molecule has 0 radical (unpaired) electrons. The molecular weight excluding hydrogens is 280 g/mol. The molecule has 3 aromatic rings. The smallest absolute Gasteiger partial charge is 0.104 e. The first-order valence-corrected chi connectivity index (χ1v) is 7.06. The van der Waals surface area contributed by atoms with Crippen molar-refractivity contribution in [2.75, 3.05) is 5.32 Å². The second kappa shape index (κ2) is 5.18. The van der Waals surface area contributed by atoms with Crippen molar-refractivity contribution < 1.29 is 0 Å². The van der Waals surface area contributed by atoms with Crippen LogP contribution < -0.4 is 11.1 Å². The second-order valence-electron chi connectivity index (χ2n) is 5.00. The number of nitrogens with zero attached hydrogens (tertiary/aromatic N) is 2. The van der Waals surface area contributed by atoms with E-state index in [1.807, 2.05) is 50.5 Å². The fourth-order valence-corrected chi connectivity index (χ4v) is 2.67. The molecule has 0 atom stereocenters. The van der Waals surface area contributed by atoms with Crippen LogP contribution in [-0.4, -0.2) is 14.8 Å². The Labute approximate surface area is 128 Å². The molecule has 0 spiro atoms. The van der Waals surface area contributed by atoms with Crippen molar-refractivity contribution in [2.24, 2.45) is 12.8 Å². The summed E-state index contributed by atoms with van der Waals surface area (Å²) < 4.78 is 1.79. The zero-order chi connectivity index (χ0) is 15.0. The molecule has 1 aromatic heterocycles. The van der Waals surface area contributed by atoms with Gasteiger partial charge in [0, 0.05) is 29.9 Å². The molecule has 3 N–H and O–H groups in total. The zero-order valence-corrected chi connectivity index (χ0v) is 12.7. The second-order valence-corrected chi connectivity index (χ2v) is 5.44. The fourth-order valence-electron chi connectivity index (χ4n) is 2.49. The minimum Gasteiger partial charge on any atom is -0.389 e. The van der Waals surface area contributed by atoms with Crippen LogP contribution in [0.3, 0.4) is 0 Å². The Morgan fingerprint density at radius 3 is 2.48 bits per heavy atom. The highest BCUT2D eigenvalue weighted by Crippen LogP contribution is 2.29. The van der Waals surface area contributed by atoms with Crippen molar-refractivity contribution in [3.63, 3.8) is 0 Å². The number of thiocarbonyl (C=S) groups is 1. The van der Waals surface area contributed by atoms with Gasteiger partial charge in [0.15, 0.2) is 0 Å². The predicted molar refractivity (Wildman–Crippen MR) is 91.1 cm³/mol. The summed E-state index contributed by atoms with van der Waals surface area (Å²) in [7, 11) is 1.91. The molecule has 1 heterocycles. The minimum atomic E-state index is 0.412. The van der Waals surface area contributed by atoms with Crippen molar-refractivity contribution in [3.05, 3.63) is 53.9 Å². The lowest BCUT2D eigenvalue weighted by Crippen LogP contribution is -2.10. The average molecular weight is 296 g/mol. The molecule has 0 unspecified atom stereocenters. The lowest BCUT2D eigenvalue weighted by Gasteiger charge is -2.12. The van der Waals surface area contributed by atoms with E-state index in [-0.39, 0.29) is 0 Å². The van der Waals surface area contributed by atoms with Crippen molar-refractivity contribution in [2.45, 2.75) is 6.92 Å². The first kappa shape index (κ1) is 13.6. The van der Waals surface area contributed by atoms with E-state index >= 15 is 0 Å². The van der Waals surface area contributed by atoms with Crippen molar-refractivity contribution >= 4 is 39.4 Å². The summed E-state index contributed by atoms with van der Waals surface area (Å²) in [6.45, 7) is 1.98. The van der Waals surface area contributed by atoms with E-state index in [9.17, 15) is 0 Å². The molecule has 21 heavy (non-hydrogen) atoms. The number of aryl methyl sites for hydroxylation is 2. The standard InChI is InChI=1S/C16H16N4S/c1-10-15(9-20(2)19-10)18-14-8-7-13(16(17)21)11-5-3-4-6-12(11)14/h3-9,18H,1-2H3,(H2,17,21). The summed E-state index contributed by atoms with van der Waals surface area (Å²) in [5, 5.41) is 9.92. The number of nitrogens with two attached hydrogens (primary N) is 1. The predicted octanol–water partition coefficient (Wildman–Crippen LogP) is 3.26. The van der Waals surface area contributed by atoms with Crippen LogP contribution in [0.5, 0.6) is 0 Å². The quantitative estimate of drug-likeness (QED) is 0.728. The van der Waals surface area contributed by atoms with Crippen LogP contribution in [0, 0.1) is 6.92 Å². The van der Waals surface area contributed by atoms with E-state index in [2.05, 4.69) is 16.5 Å². The van der Waals surface area contributed by atoms with Gasteiger partial charge in [0.05, 0.1) is 11.4 Å². The van der Waals surface area contributed by atoms with Crippen LogP contribution in [0.4, 0.5) is 11.4 Å². The third-order valence-electron chi connectivity index (χ3n) is 3.47. The molecule has 0 aliphatic heterocycles. The number of hydrogen-bond donors (Lipinski definition) is 2. The Hall–Kier alpha value is -2.40. The molecule has 0 aliphatic carbocycles. The molecule has 0 aliphatic rings. The van der Waals surface area contributed by atoms with Crippen LogP contribution >= 0.6 is 12.2 Å². The normalized spacial score (nSPS) is 10.8. The van der Waals surface area contributed by atoms with Gasteiger partial charge in [0.2, 0.25) is 0 Å². The Morgan fingerprint density at radius 1 is 1.14 bits per heavy atom. The summed E-state index contributed by atoms with van der Waals surface area (Å²) in [5.41, 5.74) is 9.67. The summed E-state index contributed by atoms with van der Waals surface area (Å²) >= 11 is 5.13. The van der Waals surface area contributed by atoms with Crippen LogP contribution in [0.15, 0.2) is 42.6 Å². The third kappa shape index (κ3) is 2.48. The van der Waals surface area contributed by atoms with Gasteiger partial charge in [-0.25, -0.2) is 0 Å². The highest BCUT2D eigenvalue weighted by molar-refractivity contribution is 7.80. The Morgan fingerprint density at radius 2 is 1.86 bits per heavy atom. The van der Waals surface area contributed by atoms with E-state index in [1.165, 1.54) is 0 Å². The first-order chi connectivity index (χ1) is 10.1. The summed E-state index contributed by atoms with van der Waals surface area (Å²) in [6, 6.07) is 12.0. The van der Waals surface area contributed by atoms with Gasteiger partial charge in [-0.2, -0.15) is 5.10 Å². The first-order valence-electron chi connectivity index (χ1n) is 6.65. The van der Waals surface area contributed by atoms with Gasteiger partial charge < -0.3 is 11.1 Å². The van der Waals surface area contributed by atoms with E-state index < -0.39 is 0 Å². The maximum atomic E-state index is 5.81. The molecular formula is C16H16N4S. The molecule has 0 amide bonds. The number of fused-ring (bicyclic) bond motifs is 1. The number of aromatic nitrogens is 2. The van der Waals surface area contributed by atoms with E-state index in [0.717, 1.165) is 33.4 Å². The van der Waals surface area contributed by atoms with Gasteiger partial charge in [-0.15, -0.1) is 0 Å². The van der Waals surface area contributed by atoms with Crippen LogP contribution in [0.1, 0.15) is 11.3 Å². The molecule has 0 saturated heterocycles. The molecule has 3 rings (SSSR count). The van der Waals surface area contributed by atoms with Gasteiger partial charge >= 0.3 is 0 Å². The number of rotatable bonds is 3. The third-order valence-corrected chi connectivity index (χ3v) is 3.69. The number of benzene rings is 2. The van der Waals surface area contributed by atoms with Gasteiger partial charge in [-0.3, -0.25) is 4.68 Å². The number of hydrogen-bond acceptors (Lipinski definition) is 3. The molecule has 4 nitrogen and oxygen atoms in total. The maximum absolute atomic E-state index is 5.81. The number of nitrogens with one attached hydrogen (secondary N) is 1. The Bertz CT molecular complexity index is 835. The van der Waals surface area contributed by atoms with Crippen LogP contribution in [0.2, 0.25) is 0 Å². The summed E-state index contributed by atoms with van der Waals surface area (Å²) in [6.07, 6.45) is 1.96. The lowest BCUT2D eigenvalue weighted by molar-refractivity contribution is 0.756. The highest BCUT2D eigenvalue weighted by Gasteiger charge is 2.09. The van der Waals surface area contributed by atoms with E-state index in [1.54, 1.807) is 4.68 Å². The van der Waals surface area contributed by atoms with Gasteiger partial charge in [0.1, 0.15) is 4.99 Å². The summed E-state index contributed by atoms with van der Waals surface area (Å²) in [4.78, 5) is 0.412. The SMILES string of the molecule is Cc1nn(C)cc1Nc1ccc(C(N)=S)c2ccccc12. The van der Waals surface area contributed by atoms with Crippen molar-refractivity contribution in [3.8, 4) is 0 Å². The summed E-state index contributed by atoms with van der Waals surface area (Å²) in [5.74, 6) is 0. The lowest BCUT2D eigenvalue weighted by atomic mass is 10.0. The molecule has 2 aromatic carbocycles. The monoisotopic (exact) mass is 296 g/mol. The van der Waals surface area contributed by atoms with Crippen molar-refractivity contribution in [1.82, 2.24) is 9.78 Å². The van der Waals surface area contributed by atoms with E-state index in [0.29, 0.717) is 4.99 Å². The largest absolute Gasteiger partial charge is 0.389 e. The minimum absolute atomic E-state index is 0.412. The van der Waals surface area contributed by atoms with Gasteiger partial charge in [0.25, 0.3) is 0 Å². The zero-order valence-electron chi connectivity index (χ0n) is 11.9. The topological polar surface area (TPSA) is 55.9 Å². The molecule has 5 heteroatoms. The fraction of sp³-hybridized carbons (Fsp3) is 0.125. The molecule has 106 valence electrons. The van der Waals surface area contributed by atoms with E-state index in [4.69, 9.17) is 18.0 Å². The number of anilines is 2. The van der Waals surface area contributed by atoms with Crippen LogP contribution in [-0.2, 0) is 7.05 Å². The molecule has 0 fully saturated rings. The maximum Gasteiger partial charge on any atom is 0.104 e. The molecule has 0 saturated carbocycles. The van der Waals surface area contributed by atoms with Crippen LogP contribution in [0.25, 0.3) is 10.8 Å². The van der Waals surface area contributed by atoms with Gasteiger partial charge in [-0.05, 0) is 24.4 Å². The Kier molecular flexibility index (Phi) is 3.35. The van der Waals surface area contributed by atoms with Gasteiger partial charge in [-0.1, -0.05) is 36.5 Å². The average Bonchev–Trinajstić information content (AvgIpc) is 2.77. The Balaban J connectivity index is 2.14. The highest BCUT2D eigenvalue weighted by atomic mass is 32.1.